The smallest absolute Gasteiger partial charge is 0.170 e. The number of imidazole rings is 1. The molecule has 24 heavy (non-hydrogen) atoms. The number of sulfone groups is 1. The largest absolute Gasteiger partial charge is 0.365 e. The minimum Gasteiger partial charge on any atom is -0.365 e. The summed E-state index contributed by atoms with van der Waals surface area (Å²) in [6.07, 6.45) is 4.41. The summed E-state index contributed by atoms with van der Waals surface area (Å²) in [4.78, 5) is 13.1. The first-order chi connectivity index (χ1) is 11.6. The van der Waals surface area contributed by atoms with Crippen molar-refractivity contribution in [3.05, 3.63) is 43.0 Å². The van der Waals surface area contributed by atoms with Crippen molar-refractivity contribution in [3.63, 3.8) is 0 Å². The van der Waals surface area contributed by atoms with E-state index in [-0.39, 0.29) is 17.5 Å². The molecule has 0 saturated carbocycles. The molecule has 124 valence electrons. The van der Waals surface area contributed by atoms with Crippen LogP contribution in [0.1, 0.15) is 12.8 Å². The zero-order valence-electron chi connectivity index (χ0n) is 13.0. The first kappa shape index (κ1) is 15.1. The van der Waals surface area contributed by atoms with Crippen LogP contribution in [-0.4, -0.2) is 45.5 Å². The molecule has 3 heterocycles. The van der Waals surface area contributed by atoms with Crippen molar-refractivity contribution < 1.29 is 8.42 Å². The van der Waals surface area contributed by atoms with Gasteiger partial charge in [-0.15, -0.1) is 0 Å². The molecule has 8 heteroatoms. The Bertz CT molecular complexity index is 955. The number of nitrogens with one attached hydrogen (secondary N) is 1. The number of anilines is 1. The van der Waals surface area contributed by atoms with Gasteiger partial charge in [-0.1, -0.05) is 18.2 Å². The second kappa shape index (κ2) is 5.86. The quantitative estimate of drug-likeness (QED) is 0.780. The molecule has 1 aromatic carbocycles. The van der Waals surface area contributed by atoms with Gasteiger partial charge in [-0.05, 0) is 25.0 Å². The van der Waals surface area contributed by atoms with Gasteiger partial charge in [-0.25, -0.2) is 23.4 Å². The fourth-order valence-electron chi connectivity index (χ4n) is 2.95. The van der Waals surface area contributed by atoms with Crippen LogP contribution in [0.25, 0.3) is 16.9 Å². The van der Waals surface area contributed by atoms with E-state index in [0.29, 0.717) is 24.2 Å². The Morgan fingerprint density at radius 3 is 2.54 bits per heavy atom. The van der Waals surface area contributed by atoms with Crippen LogP contribution in [0.5, 0.6) is 0 Å². The number of hydrogen-bond donors (Lipinski definition) is 1. The maximum absolute atomic E-state index is 11.6. The molecule has 2 aromatic heterocycles. The van der Waals surface area contributed by atoms with Crippen molar-refractivity contribution in [1.82, 2.24) is 19.5 Å². The average Bonchev–Trinajstić information content (AvgIpc) is 3.03. The van der Waals surface area contributed by atoms with Crippen molar-refractivity contribution >= 4 is 26.8 Å². The minimum atomic E-state index is -2.87. The number of para-hydroxylation sites is 1. The van der Waals surface area contributed by atoms with Crippen LogP contribution >= 0.6 is 0 Å². The molecular formula is C16H17N5O2S. The normalized spacial score (nSPS) is 17.8. The molecule has 3 aromatic rings. The molecule has 4 rings (SSSR count). The maximum atomic E-state index is 11.6. The van der Waals surface area contributed by atoms with Crippen molar-refractivity contribution in [2.45, 2.75) is 18.9 Å². The first-order valence-electron chi connectivity index (χ1n) is 7.83. The van der Waals surface area contributed by atoms with E-state index in [0.717, 1.165) is 11.3 Å². The predicted molar refractivity (Wildman–Crippen MR) is 92.0 cm³/mol. The Morgan fingerprint density at radius 1 is 1.04 bits per heavy atom. The number of rotatable bonds is 3. The Labute approximate surface area is 139 Å². The molecule has 0 amide bonds. The van der Waals surface area contributed by atoms with Crippen LogP contribution in [0.15, 0.2) is 43.0 Å². The average molecular weight is 343 g/mol. The van der Waals surface area contributed by atoms with E-state index in [1.165, 1.54) is 6.33 Å². The fraction of sp³-hybridized carbons (Fsp3) is 0.312. The van der Waals surface area contributed by atoms with Crippen molar-refractivity contribution in [2.75, 3.05) is 16.8 Å². The Morgan fingerprint density at radius 2 is 1.79 bits per heavy atom. The molecule has 0 bridgehead atoms. The van der Waals surface area contributed by atoms with Gasteiger partial charge in [0.25, 0.3) is 0 Å². The van der Waals surface area contributed by atoms with Gasteiger partial charge in [0.2, 0.25) is 0 Å². The zero-order chi connectivity index (χ0) is 16.6. The number of benzene rings is 1. The lowest BCUT2D eigenvalue weighted by Crippen LogP contribution is -2.32. The van der Waals surface area contributed by atoms with Crippen LogP contribution in [0.2, 0.25) is 0 Å². The summed E-state index contributed by atoms with van der Waals surface area (Å²) in [6.45, 7) is 0. The first-order valence-corrected chi connectivity index (χ1v) is 9.65. The summed E-state index contributed by atoms with van der Waals surface area (Å²) in [5.41, 5.74) is 2.39. The summed E-state index contributed by atoms with van der Waals surface area (Å²) in [6, 6.07) is 9.95. The second-order valence-corrected chi connectivity index (χ2v) is 8.22. The number of hydrogen-bond acceptors (Lipinski definition) is 6. The lowest BCUT2D eigenvalue weighted by Gasteiger charge is -2.23. The molecule has 0 spiro atoms. The molecular weight excluding hydrogens is 326 g/mol. The Hall–Kier alpha value is -2.48. The maximum Gasteiger partial charge on any atom is 0.170 e. The van der Waals surface area contributed by atoms with Crippen LogP contribution in [0.4, 0.5) is 5.82 Å². The third kappa shape index (κ3) is 2.84. The van der Waals surface area contributed by atoms with Gasteiger partial charge in [0.15, 0.2) is 17.0 Å². The van der Waals surface area contributed by atoms with Gasteiger partial charge in [0.05, 0.1) is 11.5 Å². The fourth-order valence-corrected chi connectivity index (χ4v) is 4.44. The van der Waals surface area contributed by atoms with Gasteiger partial charge in [0.1, 0.15) is 22.5 Å². The lowest BCUT2D eigenvalue weighted by atomic mass is 10.1. The molecule has 1 aliphatic heterocycles. The van der Waals surface area contributed by atoms with Crippen molar-refractivity contribution in [1.29, 1.82) is 0 Å². The summed E-state index contributed by atoms with van der Waals surface area (Å²) < 4.78 is 25.0. The summed E-state index contributed by atoms with van der Waals surface area (Å²) in [7, 11) is -2.87. The number of aromatic nitrogens is 4. The SMILES string of the molecule is O=S1(=O)CCC(Nc2ncnc3c2ncn3-c2ccccc2)CC1. The van der Waals surface area contributed by atoms with Crippen molar-refractivity contribution in [2.24, 2.45) is 0 Å². The molecule has 1 N–H and O–H groups in total. The molecule has 1 saturated heterocycles. The monoisotopic (exact) mass is 343 g/mol. The zero-order valence-corrected chi connectivity index (χ0v) is 13.8. The molecule has 0 unspecified atom stereocenters. The van der Waals surface area contributed by atoms with Gasteiger partial charge in [-0.2, -0.15) is 0 Å². The predicted octanol–water partition coefficient (Wildman–Crippen LogP) is 1.80. The molecule has 0 aliphatic carbocycles. The second-order valence-electron chi connectivity index (χ2n) is 5.92. The molecule has 0 radical (unpaired) electrons. The van der Waals surface area contributed by atoms with E-state index >= 15 is 0 Å². The van der Waals surface area contributed by atoms with E-state index < -0.39 is 9.84 Å². The van der Waals surface area contributed by atoms with Gasteiger partial charge in [-0.3, -0.25) is 4.57 Å². The third-order valence-electron chi connectivity index (χ3n) is 4.26. The molecule has 7 nitrogen and oxygen atoms in total. The Balaban J connectivity index is 1.64. The topological polar surface area (TPSA) is 89.8 Å². The van der Waals surface area contributed by atoms with E-state index in [4.69, 9.17) is 0 Å². The lowest BCUT2D eigenvalue weighted by molar-refractivity contribution is 0.559. The van der Waals surface area contributed by atoms with E-state index in [2.05, 4.69) is 20.3 Å². The Kier molecular flexibility index (Phi) is 3.68. The van der Waals surface area contributed by atoms with Gasteiger partial charge < -0.3 is 5.32 Å². The van der Waals surface area contributed by atoms with E-state index in [9.17, 15) is 8.42 Å². The highest BCUT2D eigenvalue weighted by atomic mass is 32.2. The summed E-state index contributed by atoms with van der Waals surface area (Å²) in [5.74, 6) is 1.09. The minimum absolute atomic E-state index is 0.0912. The molecule has 1 aliphatic rings. The molecule has 1 fully saturated rings. The molecule has 0 atom stereocenters. The highest BCUT2D eigenvalue weighted by molar-refractivity contribution is 7.91. The highest BCUT2D eigenvalue weighted by Gasteiger charge is 2.24. The van der Waals surface area contributed by atoms with Gasteiger partial charge in [0, 0.05) is 11.7 Å². The van der Waals surface area contributed by atoms with E-state index in [1.54, 1.807) is 6.33 Å². The van der Waals surface area contributed by atoms with E-state index in [1.807, 2.05) is 34.9 Å². The summed E-state index contributed by atoms with van der Waals surface area (Å²) in [5, 5.41) is 3.34. The third-order valence-corrected chi connectivity index (χ3v) is 5.98. The van der Waals surface area contributed by atoms with Crippen LogP contribution in [-0.2, 0) is 9.84 Å². The van der Waals surface area contributed by atoms with Crippen LogP contribution < -0.4 is 5.32 Å². The summed E-state index contributed by atoms with van der Waals surface area (Å²) >= 11 is 0. The number of nitrogens with zero attached hydrogens (tertiary/aromatic N) is 4. The number of fused-ring (bicyclic) bond motifs is 1. The van der Waals surface area contributed by atoms with Crippen LogP contribution in [0.3, 0.4) is 0 Å². The highest BCUT2D eigenvalue weighted by Crippen LogP contribution is 2.23. The van der Waals surface area contributed by atoms with Gasteiger partial charge >= 0.3 is 0 Å². The van der Waals surface area contributed by atoms with Crippen LogP contribution in [0, 0.1) is 0 Å². The van der Waals surface area contributed by atoms with Crippen molar-refractivity contribution in [3.8, 4) is 5.69 Å². The standard InChI is InChI=1S/C16H17N5O2S/c22-24(23)8-6-12(7-9-24)20-15-14-16(18-10-17-15)21(11-19-14)13-4-2-1-3-5-13/h1-5,10-12H,6-9H2,(H,17,18,20).